The van der Waals surface area contributed by atoms with Crippen LogP contribution in [-0.2, 0) is 4.79 Å². The van der Waals surface area contributed by atoms with Crippen LogP contribution < -0.4 is 5.32 Å². The second kappa shape index (κ2) is 4.97. The van der Waals surface area contributed by atoms with Gasteiger partial charge in [0.2, 0.25) is 5.91 Å². The molecule has 0 aliphatic rings. The van der Waals surface area contributed by atoms with Gasteiger partial charge in [0, 0.05) is 22.7 Å². The smallest absolute Gasteiger partial charge is 0.221 e. The van der Waals surface area contributed by atoms with Gasteiger partial charge >= 0.3 is 0 Å². The molecule has 1 amide bonds. The zero-order chi connectivity index (χ0) is 14.3. The Morgan fingerprint density at radius 1 is 1.00 bits per heavy atom. The molecule has 0 heterocycles. The molecule has 2 nitrogen and oxygen atoms in total. The summed E-state index contributed by atoms with van der Waals surface area (Å²) >= 11 is 12.6. The fourth-order valence-electron chi connectivity index (χ4n) is 2.31. The Bertz CT molecular complexity index is 843. The second-order valence-electron chi connectivity index (χ2n) is 4.64. The van der Waals surface area contributed by atoms with E-state index in [2.05, 4.69) is 5.32 Å². The van der Waals surface area contributed by atoms with Gasteiger partial charge in [0.25, 0.3) is 0 Å². The first-order valence-electron chi connectivity index (χ1n) is 6.14. The van der Waals surface area contributed by atoms with E-state index in [-0.39, 0.29) is 5.91 Å². The molecule has 0 radical (unpaired) electrons. The van der Waals surface area contributed by atoms with Crippen molar-refractivity contribution in [2.75, 3.05) is 5.32 Å². The lowest BCUT2D eigenvalue weighted by atomic mass is 10.0. The molecule has 4 heteroatoms. The fourth-order valence-corrected chi connectivity index (χ4v) is 2.82. The number of carbonyl (C=O) groups is 1. The molecule has 0 aliphatic heterocycles. The van der Waals surface area contributed by atoms with Crippen LogP contribution in [0.2, 0.25) is 10.0 Å². The molecule has 3 rings (SSSR count). The number of rotatable bonds is 1. The first-order chi connectivity index (χ1) is 9.56. The Morgan fingerprint density at radius 3 is 2.50 bits per heavy atom. The van der Waals surface area contributed by atoms with Crippen LogP contribution in [0.3, 0.4) is 0 Å². The first kappa shape index (κ1) is 13.2. The van der Waals surface area contributed by atoms with E-state index in [9.17, 15) is 4.79 Å². The lowest BCUT2D eigenvalue weighted by Crippen LogP contribution is -2.06. The van der Waals surface area contributed by atoms with Gasteiger partial charge in [-0.1, -0.05) is 41.4 Å². The van der Waals surface area contributed by atoms with Crippen LogP contribution >= 0.6 is 23.2 Å². The van der Waals surface area contributed by atoms with Crippen LogP contribution in [0, 0.1) is 0 Å². The van der Waals surface area contributed by atoms with Crippen LogP contribution in [-0.4, -0.2) is 5.91 Å². The molecule has 0 fully saturated rings. The summed E-state index contributed by atoms with van der Waals surface area (Å²) in [7, 11) is 0. The van der Waals surface area contributed by atoms with E-state index in [0.29, 0.717) is 15.7 Å². The van der Waals surface area contributed by atoms with E-state index in [1.165, 1.54) is 6.92 Å². The summed E-state index contributed by atoms with van der Waals surface area (Å²) in [5, 5.41) is 7.83. The number of carbonyl (C=O) groups excluding carboxylic acids is 1. The molecule has 0 bridgehead atoms. The number of hydrogen-bond donors (Lipinski definition) is 1. The SMILES string of the molecule is CC(=O)Nc1ccc2cc3cccc(Cl)c3cc2c1Cl. The van der Waals surface area contributed by atoms with Gasteiger partial charge in [0.15, 0.2) is 0 Å². The molecule has 0 saturated heterocycles. The monoisotopic (exact) mass is 303 g/mol. The summed E-state index contributed by atoms with van der Waals surface area (Å²) in [6.45, 7) is 1.46. The van der Waals surface area contributed by atoms with Crippen LogP contribution in [0.5, 0.6) is 0 Å². The quantitative estimate of drug-likeness (QED) is 0.611. The third-order valence-electron chi connectivity index (χ3n) is 3.21. The maximum absolute atomic E-state index is 11.2. The van der Waals surface area contributed by atoms with E-state index < -0.39 is 0 Å². The summed E-state index contributed by atoms with van der Waals surface area (Å²) in [5.41, 5.74) is 0.609. The minimum absolute atomic E-state index is 0.148. The topological polar surface area (TPSA) is 29.1 Å². The van der Waals surface area contributed by atoms with E-state index in [1.807, 2.05) is 42.5 Å². The average Bonchev–Trinajstić information content (AvgIpc) is 2.41. The zero-order valence-corrected chi connectivity index (χ0v) is 12.2. The normalized spacial score (nSPS) is 10.9. The van der Waals surface area contributed by atoms with E-state index in [4.69, 9.17) is 23.2 Å². The Hall–Kier alpha value is -1.77. The van der Waals surface area contributed by atoms with Crippen molar-refractivity contribution in [1.82, 2.24) is 0 Å². The number of nitrogens with one attached hydrogen (secondary N) is 1. The molecule has 0 spiro atoms. The minimum atomic E-state index is -0.148. The first-order valence-corrected chi connectivity index (χ1v) is 6.90. The largest absolute Gasteiger partial charge is 0.325 e. The van der Waals surface area contributed by atoms with E-state index in [1.54, 1.807) is 0 Å². The second-order valence-corrected chi connectivity index (χ2v) is 5.43. The zero-order valence-electron chi connectivity index (χ0n) is 10.7. The van der Waals surface area contributed by atoms with Crippen LogP contribution in [0.1, 0.15) is 6.92 Å². The molecule has 20 heavy (non-hydrogen) atoms. The van der Waals surface area contributed by atoms with Crippen molar-refractivity contribution < 1.29 is 4.79 Å². The Morgan fingerprint density at radius 2 is 1.75 bits per heavy atom. The summed E-state index contributed by atoms with van der Waals surface area (Å²) < 4.78 is 0. The van der Waals surface area contributed by atoms with Crippen molar-refractivity contribution in [3.05, 3.63) is 52.5 Å². The molecule has 100 valence electrons. The Balaban J connectivity index is 2.33. The minimum Gasteiger partial charge on any atom is -0.325 e. The molecule has 0 unspecified atom stereocenters. The number of amides is 1. The lowest BCUT2D eigenvalue weighted by Gasteiger charge is -2.10. The van der Waals surface area contributed by atoms with Gasteiger partial charge in [-0.25, -0.2) is 0 Å². The maximum Gasteiger partial charge on any atom is 0.221 e. The van der Waals surface area contributed by atoms with Crippen molar-refractivity contribution in [2.24, 2.45) is 0 Å². The predicted molar refractivity (Wildman–Crippen MR) is 85.8 cm³/mol. The fraction of sp³-hybridized carbons (Fsp3) is 0.0625. The van der Waals surface area contributed by atoms with E-state index >= 15 is 0 Å². The highest BCUT2D eigenvalue weighted by Crippen LogP contribution is 2.35. The summed E-state index contributed by atoms with van der Waals surface area (Å²) in [6, 6.07) is 13.5. The van der Waals surface area contributed by atoms with Gasteiger partial charge in [-0.2, -0.15) is 0 Å². The van der Waals surface area contributed by atoms with Gasteiger partial charge in [-0.3, -0.25) is 4.79 Å². The van der Waals surface area contributed by atoms with Crippen LogP contribution in [0.4, 0.5) is 5.69 Å². The average molecular weight is 304 g/mol. The highest BCUT2D eigenvalue weighted by Gasteiger charge is 2.09. The highest BCUT2D eigenvalue weighted by molar-refractivity contribution is 6.40. The third kappa shape index (κ3) is 2.21. The highest BCUT2D eigenvalue weighted by atomic mass is 35.5. The molecule has 3 aromatic carbocycles. The third-order valence-corrected chi connectivity index (χ3v) is 3.95. The van der Waals surface area contributed by atoms with Gasteiger partial charge < -0.3 is 5.32 Å². The molecule has 0 saturated carbocycles. The molecule has 3 aromatic rings. The van der Waals surface area contributed by atoms with Crippen molar-refractivity contribution in [1.29, 1.82) is 0 Å². The van der Waals surface area contributed by atoms with Gasteiger partial charge in [0.1, 0.15) is 0 Å². The van der Waals surface area contributed by atoms with Gasteiger partial charge in [-0.05, 0) is 35.0 Å². The summed E-state index contributed by atoms with van der Waals surface area (Å²) in [6.07, 6.45) is 0. The molecule has 0 aromatic heterocycles. The Labute approximate surface area is 126 Å². The summed E-state index contributed by atoms with van der Waals surface area (Å²) in [5.74, 6) is -0.148. The number of benzene rings is 3. The standard InChI is InChI=1S/C16H11Cl2NO/c1-9(20)19-15-6-5-11-7-10-3-2-4-14(17)12(10)8-13(11)16(15)18/h2-8H,1H3,(H,19,20). The number of halogens is 2. The van der Waals surface area contributed by atoms with Crippen LogP contribution in [0.15, 0.2) is 42.5 Å². The van der Waals surface area contributed by atoms with Gasteiger partial charge in [0.05, 0.1) is 10.7 Å². The van der Waals surface area contributed by atoms with E-state index in [0.717, 1.165) is 21.5 Å². The number of hydrogen-bond acceptors (Lipinski definition) is 1. The molecule has 0 atom stereocenters. The number of anilines is 1. The molecular formula is C16H11Cl2NO. The lowest BCUT2D eigenvalue weighted by molar-refractivity contribution is -0.114. The van der Waals surface area contributed by atoms with Crippen molar-refractivity contribution in [3.63, 3.8) is 0 Å². The predicted octanol–water partition coefficient (Wildman–Crippen LogP) is 5.26. The number of fused-ring (bicyclic) bond motifs is 2. The Kier molecular flexibility index (Phi) is 3.28. The molecule has 1 N–H and O–H groups in total. The van der Waals surface area contributed by atoms with Gasteiger partial charge in [-0.15, -0.1) is 0 Å². The summed E-state index contributed by atoms with van der Waals surface area (Å²) in [4.78, 5) is 11.2. The van der Waals surface area contributed by atoms with Crippen molar-refractivity contribution in [2.45, 2.75) is 6.92 Å². The molecule has 0 aliphatic carbocycles. The van der Waals surface area contributed by atoms with Crippen molar-refractivity contribution >= 4 is 56.3 Å². The van der Waals surface area contributed by atoms with Crippen molar-refractivity contribution in [3.8, 4) is 0 Å². The molecular weight excluding hydrogens is 293 g/mol. The maximum atomic E-state index is 11.2. The van der Waals surface area contributed by atoms with Crippen LogP contribution in [0.25, 0.3) is 21.5 Å².